The summed E-state index contributed by atoms with van der Waals surface area (Å²) < 4.78 is 64.3. The lowest BCUT2D eigenvalue weighted by Crippen LogP contribution is -2.24. The van der Waals surface area contributed by atoms with Crippen molar-refractivity contribution in [2.75, 3.05) is 11.1 Å². The van der Waals surface area contributed by atoms with Crippen molar-refractivity contribution in [2.24, 2.45) is 0 Å². The lowest BCUT2D eigenvalue weighted by atomic mass is 10.1. The van der Waals surface area contributed by atoms with Crippen LogP contribution in [0.25, 0.3) is 21.7 Å². The van der Waals surface area contributed by atoms with Gasteiger partial charge in [0.2, 0.25) is 0 Å². The average molecular weight is 437 g/mol. The fourth-order valence-electron chi connectivity index (χ4n) is 3.03. The van der Waals surface area contributed by atoms with E-state index >= 15 is 0 Å². The summed E-state index contributed by atoms with van der Waals surface area (Å²) in [6, 6.07) is 13.0. The van der Waals surface area contributed by atoms with E-state index in [9.17, 15) is 21.6 Å². The number of thioether (sulfide) groups is 1. The van der Waals surface area contributed by atoms with Crippen LogP contribution < -0.4 is 4.83 Å². The second-order valence-electron chi connectivity index (χ2n) is 6.27. The predicted octanol–water partition coefficient (Wildman–Crippen LogP) is 4.86. The van der Waals surface area contributed by atoms with Crippen molar-refractivity contribution in [2.45, 2.75) is 16.0 Å². The Hall–Kier alpha value is -2.72. The molecule has 0 bridgehead atoms. The van der Waals surface area contributed by atoms with Crippen LogP contribution in [-0.4, -0.2) is 24.6 Å². The minimum Gasteiger partial charge on any atom is -0.200 e. The number of nitrogens with zero attached hydrogens (tertiary/aromatic N) is 2. The van der Waals surface area contributed by atoms with Crippen molar-refractivity contribution in [3.63, 3.8) is 0 Å². The Bertz CT molecular complexity index is 1330. The van der Waals surface area contributed by atoms with Crippen molar-refractivity contribution < 1.29 is 21.6 Å². The molecule has 0 spiro atoms. The number of rotatable bonds is 4. The van der Waals surface area contributed by atoms with Gasteiger partial charge in [-0.25, -0.2) is 0 Å². The molecule has 150 valence electrons. The molecule has 4 rings (SSSR count). The molecule has 0 amide bonds. The number of benzene rings is 3. The zero-order valence-corrected chi connectivity index (χ0v) is 16.6. The number of alkyl halides is 3. The molecular formula is C19H14F3N3O2S2. The SMILES string of the molecule is CSc1ccc2c(ccc3cnn(NS(=O)(=O)c4cccc(C(F)(F)F)c4)c32)c1. The summed E-state index contributed by atoms with van der Waals surface area (Å²) in [6.45, 7) is 0. The molecule has 1 aromatic heterocycles. The van der Waals surface area contributed by atoms with Gasteiger partial charge in [-0.3, -0.25) is 0 Å². The fraction of sp³-hybridized carbons (Fsp3) is 0.105. The van der Waals surface area contributed by atoms with E-state index in [1.807, 2.05) is 36.6 Å². The van der Waals surface area contributed by atoms with Gasteiger partial charge in [-0.1, -0.05) is 24.3 Å². The maximum atomic E-state index is 12.9. The lowest BCUT2D eigenvalue weighted by Gasteiger charge is -2.12. The van der Waals surface area contributed by atoms with Gasteiger partial charge < -0.3 is 0 Å². The van der Waals surface area contributed by atoms with Crippen LogP contribution in [0.1, 0.15) is 5.56 Å². The lowest BCUT2D eigenvalue weighted by molar-refractivity contribution is -0.137. The maximum Gasteiger partial charge on any atom is 0.416 e. The topological polar surface area (TPSA) is 64.0 Å². The maximum absolute atomic E-state index is 12.9. The highest BCUT2D eigenvalue weighted by Gasteiger charge is 2.31. The van der Waals surface area contributed by atoms with Gasteiger partial charge in [-0.15, -0.1) is 11.8 Å². The summed E-state index contributed by atoms with van der Waals surface area (Å²) >= 11 is 1.58. The fourth-order valence-corrected chi connectivity index (χ4v) is 4.49. The number of aromatic nitrogens is 2. The summed E-state index contributed by atoms with van der Waals surface area (Å²) in [6.07, 6.45) is -1.20. The zero-order valence-electron chi connectivity index (χ0n) is 14.9. The van der Waals surface area contributed by atoms with Crippen molar-refractivity contribution in [1.82, 2.24) is 9.89 Å². The first-order chi connectivity index (χ1) is 13.7. The Kier molecular flexibility index (Phi) is 4.70. The largest absolute Gasteiger partial charge is 0.416 e. The van der Waals surface area contributed by atoms with Gasteiger partial charge in [0, 0.05) is 15.7 Å². The van der Waals surface area contributed by atoms with Crippen LogP contribution in [-0.2, 0) is 16.2 Å². The van der Waals surface area contributed by atoms with Crippen LogP contribution in [0.2, 0.25) is 0 Å². The normalized spacial score (nSPS) is 12.6. The van der Waals surface area contributed by atoms with Gasteiger partial charge in [-0.2, -0.15) is 36.3 Å². The highest BCUT2D eigenvalue weighted by molar-refractivity contribution is 7.98. The quantitative estimate of drug-likeness (QED) is 0.463. The minimum atomic E-state index is -4.64. The minimum absolute atomic E-state index is 0.499. The smallest absolute Gasteiger partial charge is 0.200 e. The second kappa shape index (κ2) is 6.96. The number of hydrogen-bond acceptors (Lipinski definition) is 4. The third-order valence-corrected chi connectivity index (χ3v) is 6.45. The molecule has 4 aromatic rings. The Balaban J connectivity index is 1.81. The summed E-state index contributed by atoms with van der Waals surface area (Å²) in [5.41, 5.74) is -0.522. The van der Waals surface area contributed by atoms with E-state index in [2.05, 4.69) is 9.93 Å². The molecule has 0 radical (unpaired) electrons. The van der Waals surface area contributed by atoms with Gasteiger partial charge in [0.15, 0.2) is 0 Å². The number of fused-ring (bicyclic) bond motifs is 3. The van der Waals surface area contributed by atoms with Crippen molar-refractivity contribution >= 4 is 43.5 Å². The molecule has 3 aromatic carbocycles. The number of hydrogen-bond donors (Lipinski definition) is 1. The first-order valence-electron chi connectivity index (χ1n) is 8.34. The van der Waals surface area contributed by atoms with Crippen LogP contribution in [0, 0.1) is 0 Å². The number of nitrogens with one attached hydrogen (secondary N) is 1. The summed E-state index contributed by atoms with van der Waals surface area (Å²) in [7, 11) is -4.29. The van der Waals surface area contributed by atoms with Gasteiger partial charge in [-0.05, 0) is 42.0 Å². The second-order valence-corrected chi connectivity index (χ2v) is 8.81. The van der Waals surface area contributed by atoms with Gasteiger partial charge in [0.25, 0.3) is 10.0 Å². The average Bonchev–Trinajstić information content (AvgIpc) is 3.09. The molecule has 0 fully saturated rings. The van der Waals surface area contributed by atoms with Crippen LogP contribution in [0.3, 0.4) is 0 Å². The molecule has 1 heterocycles. The molecule has 0 saturated heterocycles. The van der Waals surface area contributed by atoms with E-state index in [1.165, 1.54) is 6.20 Å². The third kappa shape index (κ3) is 3.65. The van der Waals surface area contributed by atoms with E-state index in [0.29, 0.717) is 17.0 Å². The molecule has 5 nitrogen and oxygen atoms in total. The highest BCUT2D eigenvalue weighted by Crippen LogP contribution is 2.31. The van der Waals surface area contributed by atoms with Crippen molar-refractivity contribution in [1.29, 1.82) is 0 Å². The first kappa shape index (κ1) is 19.6. The number of halogens is 3. The molecule has 0 aliphatic carbocycles. The van der Waals surface area contributed by atoms with E-state index in [1.54, 1.807) is 11.8 Å². The van der Waals surface area contributed by atoms with E-state index in [0.717, 1.165) is 38.7 Å². The molecule has 10 heteroatoms. The molecular weight excluding hydrogens is 423 g/mol. The predicted molar refractivity (Wildman–Crippen MR) is 107 cm³/mol. The standard InChI is InChI=1S/C19H14F3N3O2S2/c1-28-15-7-8-17-12(9-15)5-6-13-11-23-25(18(13)17)24-29(26,27)16-4-2-3-14(10-16)19(20,21)22/h2-11,24H,1H3. The summed E-state index contributed by atoms with van der Waals surface area (Å²) in [5.74, 6) is 0. The Labute approximate surface area is 168 Å². The van der Waals surface area contributed by atoms with Gasteiger partial charge in [0.05, 0.1) is 16.7 Å². The van der Waals surface area contributed by atoms with E-state index in [4.69, 9.17) is 0 Å². The third-order valence-electron chi connectivity index (χ3n) is 4.43. The summed E-state index contributed by atoms with van der Waals surface area (Å²) in [5, 5.41) is 6.43. The van der Waals surface area contributed by atoms with Crippen LogP contribution in [0.5, 0.6) is 0 Å². The van der Waals surface area contributed by atoms with E-state index < -0.39 is 26.7 Å². The summed E-state index contributed by atoms with van der Waals surface area (Å²) in [4.78, 5) is 3.89. The van der Waals surface area contributed by atoms with Crippen LogP contribution in [0.15, 0.2) is 70.6 Å². The molecule has 0 aliphatic heterocycles. The Morgan fingerprint density at radius 3 is 2.52 bits per heavy atom. The molecule has 29 heavy (non-hydrogen) atoms. The van der Waals surface area contributed by atoms with Crippen LogP contribution >= 0.6 is 11.8 Å². The zero-order chi connectivity index (χ0) is 20.8. The Morgan fingerprint density at radius 1 is 1.03 bits per heavy atom. The number of sulfonamides is 1. The van der Waals surface area contributed by atoms with Crippen molar-refractivity contribution in [3.05, 3.63) is 66.4 Å². The van der Waals surface area contributed by atoms with Crippen LogP contribution in [0.4, 0.5) is 13.2 Å². The van der Waals surface area contributed by atoms with E-state index in [-0.39, 0.29) is 0 Å². The van der Waals surface area contributed by atoms with Crippen molar-refractivity contribution in [3.8, 4) is 0 Å². The first-order valence-corrected chi connectivity index (χ1v) is 11.0. The molecule has 0 saturated carbocycles. The monoisotopic (exact) mass is 437 g/mol. The van der Waals surface area contributed by atoms with Gasteiger partial charge in [0.1, 0.15) is 5.52 Å². The van der Waals surface area contributed by atoms with Gasteiger partial charge >= 0.3 is 6.18 Å². The highest BCUT2D eigenvalue weighted by atomic mass is 32.2. The molecule has 0 aliphatic rings. The molecule has 0 atom stereocenters. The molecule has 1 N–H and O–H groups in total. The molecule has 0 unspecified atom stereocenters. The Morgan fingerprint density at radius 2 is 1.79 bits per heavy atom.